The minimum Gasteiger partial charge on any atom is -0.355 e. The second kappa shape index (κ2) is 10.2. The molecule has 0 heterocycles. The molecule has 2 aromatic rings. The summed E-state index contributed by atoms with van der Waals surface area (Å²) in [6.45, 7) is -0.312. The molecule has 162 valence electrons. The fourth-order valence-electron chi connectivity index (χ4n) is 2.31. The van der Waals surface area contributed by atoms with Gasteiger partial charge in [0.15, 0.2) is 0 Å². The molecular formula is C17H20N4O7S2. The van der Waals surface area contributed by atoms with Crippen LogP contribution >= 0.6 is 0 Å². The van der Waals surface area contributed by atoms with Gasteiger partial charge in [0.2, 0.25) is 26.0 Å². The van der Waals surface area contributed by atoms with Crippen LogP contribution in [-0.2, 0) is 24.8 Å². The zero-order valence-electron chi connectivity index (χ0n) is 15.6. The molecule has 0 atom stereocenters. The number of nitro groups is 1. The van der Waals surface area contributed by atoms with E-state index in [9.17, 15) is 31.7 Å². The SMILES string of the molecule is O=C(CCNS(=O)(=O)c1ccccc1)NCCNS(=O)(=O)c1cccc([N+](=O)[O-])c1. The molecule has 0 radical (unpaired) electrons. The van der Waals surface area contributed by atoms with Crippen LogP contribution < -0.4 is 14.8 Å². The van der Waals surface area contributed by atoms with Crippen molar-refractivity contribution in [1.29, 1.82) is 0 Å². The summed E-state index contributed by atoms with van der Waals surface area (Å²) in [5.74, 6) is -0.472. The number of sulfonamides is 2. The third-order valence-electron chi connectivity index (χ3n) is 3.78. The van der Waals surface area contributed by atoms with Crippen molar-refractivity contribution < 1.29 is 26.6 Å². The molecule has 0 aliphatic heterocycles. The molecule has 0 saturated carbocycles. The quantitative estimate of drug-likeness (QED) is 0.249. The van der Waals surface area contributed by atoms with Crippen LogP contribution in [-0.4, -0.2) is 47.3 Å². The van der Waals surface area contributed by atoms with Gasteiger partial charge in [-0.25, -0.2) is 26.3 Å². The first kappa shape index (κ1) is 23.4. The number of nitro benzene ring substituents is 1. The highest BCUT2D eigenvalue weighted by atomic mass is 32.2. The molecule has 0 fully saturated rings. The number of carbonyl (C=O) groups excluding carboxylic acids is 1. The molecule has 0 aromatic heterocycles. The highest BCUT2D eigenvalue weighted by Crippen LogP contribution is 2.16. The van der Waals surface area contributed by atoms with E-state index in [0.717, 1.165) is 6.07 Å². The normalized spacial score (nSPS) is 11.7. The molecule has 30 heavy (non-hydrogen) atoms. The Labute approximate surface area is 173 Å². The van der Waals surface area contributed by atoms with Crippen molar-refractivity contribution in [2.45, 2.75) is 16.2 Å². The summed E-state index contributed by atoms with van der Waals surface area (Å²) in [5, 5.41) is 13.2. The second-order valence-corrected chi connectivity index (χ2v) is 9.50. The van der Waals surface area contributed by atoms with Crippen molar-refractivity contribution in [2.75, 3.05) is 19.6 Å². The number of hydrogen-bond donors (Lipinski definition) is 3. The summed E-state index contributed by atoms with van der Waals surface area (Å²) in [5.41, 5.74) is -0.357. The van der Waals surface area contributed by atoms with Crippen molar-refractivity contribution in [2.24, 2.45) is 0 Å². The first-order valence-corrected chi connectivity index (χ1v) is 11.6. The minimum atomic E-state index is -3.98. The van der Waals surface area contributed by atoms with Crippen LogP contribution in [0.15, 0.2) is 64.4 Å². The third-order valence-corrected chi connectivity index (χ3v) is 6.71. The van der Waals surface area contributed by atoms with Crippen LogP contribution in [0.2, 0.25) is 0 Å². The van der Waals surface area contributed by atoms with Gasteiger partial charge in [-0.1, -0.05) is 24.3 Å². The third kappa shape index (κ3) is 6.88. The van der Waals surface area contributed by atoms with Gasteiger partial charge < -0.3 is 5.32 Å². The predicted molar refractivity (Wildman–Crippen MR) is 108 cm³/mol. The number of nitrogens with zero attached hydrogens (tertiary/aromatic N) is 1. The lowest BCUT2D eigenvalue weighted by molar-refractivity contribution is -0.385. The number of benzene rings is 2. The molecule has 0 unspecified atom stereocenters. The van der Waals surface area contributed by atoms with Gasteiger partial charge in [-0.2, -0.15) is 0 Å². The highest BCUT2D eigenvalue weighted by Gasteiger charge is 2.17. The Morgan fingerprint density at radius 3 is 2.10 bits per heavy atom. The number of carbonyl (C=O) groups is 1. The molecule has 3 N–H and O–H groups in total. The Hall–Kier alpha value is -2.87. The first-order chi connectivity index (χ1) is 14.1. The Morgan fingerprint density at radius 1 is 0.833 bits per heavy atom. The maximum atomic E-state index is 12.1. The van der Waals surface area contributed by atoms with E-state index in [1.54, 1.807) is 18.2 Å². The summed E-state index contributed by atoms with van der Waals surface area (Å²) in [6.07, 6.45) is -0.135. The van der Waals surface area contributed by atoms with Crippen LogP contribution in [0.4, 0.5) is 5.69 Å². The van der Waals surface area contributed by atoms with E-state index in [2.05, 4.69) is 14.8 Å². The number of amides is 1. The van der Waals surface area contributed by atoms with E-state index in [-0.39, 0.29) is 41.5 Å². The molecule has 0 saturated heterocycles. The molecule has 0 spiro atoms. The lowest BCUT2D eigenvalue weighted by atomic mass is 10.3. The van der Waals surface area contributed by atoms with Crippen molar-refractivity contribution >= 4 is 31.6 Å². The zero-order chi connectivity index (χ0) is 22.2. The Bertz CT molecular complexity index is 1100. The van der Waals surface area contributed by atoms with Crippen LogP contribution in [0.25, 0.3) is 0 Å². The maximum absolute atomic E-state index is 12.1. The van der Waals surface area contributed by atoms with E-state index in [0.29, 0.717) is 0 Å². The fraction of sp³-hybridized carbons (Fsp3) is 0.235. The van der Waals surface area contributed by atoms with E-state index in [1.807, 2.05) is 0 Å². The van der Waals surface area contributed by atoms with Gasteiger partial charge in [0.05, 0.1) is 14.7 Å². The lowest BCUT2D eigenvalue weighted by Crippen LogP contribution is -2.36. The highest BCUT2D eigenvalue weighted by molar-refractivity contribution is 7.89. The average Bonchev–Trinajstić information content (AvgIpc) is 2.72. The molecular weight excluding hydrogens is 436 g/mol. The zero-order valence-corrected chi connectivity index (χ0v) is 17.3. The average molecular weight is 457 g/mol. The van der Waals surface area contributed by atoms with Crippen molar-refractivity contribution in [3.63, 3.8) is 0 Å². The molecule has 0 aliphatic carbocycles. The van der Waals surface area contributed by atoms with E-state index in [4.69, 9.17) is 0 Å². The number of nitrogens with one attached hydrogen (secondary N) is 3. The summed E-state index contributed by atoms with van der Waals surface area (Å²) < 4.78 is 52.9. The first-order valence-electron chi connectivity index (χ1n) is 8.67. The predicted octanol–water partition coefficient (Wildman–Crippen LogP) is 0.358. The van der Waals surface area contributed by atoms with Gasteiger partial charge in [-0.3, -0.25) is 14.9 Å². The Balaban J connectivity index is 1.74. The molecule has 0 aliphatic rings. The van der Waals surface area contributed by atoms with Gasteiger partial charge in [-0.05, 0) is 18.2 Å². The van der Waals surface area contributed by atoms with Crippen LogP contribution in [0.1, 0.15) is 6.42 Å². The number of rotatable bonds is 11. The Morgan fingerprint density at radius 2 is 1.43 bits per heavy atom. The van der Waals surface area contributed by atoms with Crippen molar-refractivity contribution in [3.05, 3.63) is 64.7 Å². The van der Waals surface area contributed by atoms with Gasteiger partial charge in [0.1, 0.15) is 0 Å². The topological polar surface area (TPSA) is 165 Å². The van der Waals surface area contributed by atoms with E-state index < -0.39 is 30.9 Å². The smallest absolute Gasteiger partial charge is 0.270 e. The van der Waals surface area contributed by atoms with Gasteiger partial charge >= 0.3 is 0 Å². The minimum absolute atomic E-state index is 0.0432. The van der Waals surface area contributed by atoms with Crippen LogP contribution in [0.5, 0.6) is 0 Å². The molecule has 13 heteroatoms. The van der Waals surface area contributed by atoms with Gasteiger partial charge in [0.25, 0.3) is 5.69 Å². The van der Waals surface area contributed by atoms with Crippen molar-refractivity contribution in [1.82, 2.24) is 14.8 Å². The second-order valence-electron chi connectivity index (χ2n) is 5.96. The lowest BCUT2D eigenvalue weighted by Gasteiger charge is -2.09. The Kier molecular flexibility index (Phi) is 8.00. The standard InChI is InChI=1S/C17H20N4O7S2/c22-17(9-10-19-29(25,26)15-6-2-1-3-7-15)18-11-12-20-30(27,28)16-8-4-5-14(13-16)21(23)24/h1-8,13,19-20H,9-12H2,(H,18,22). The van der Waals surface area contributed by atoms with Gasteiger partial charge in [-0.15, -0.1) is 0 Å². The summed E-state index contributed by atoms with van der Waals surface area (Å²) in [7, 11) is -7.69. The van der Waals surface area contributed by atoms with Crippen LogP contribution in [0, 0.1) is 10.1 Å². The molecule has 2 rings (SSSR count). The van der Waals surface area contributed by atoms with E-state index >= 15 is 0 Å². The van der Waals surface area contributed by atoms with Gasteiger partial charge in [0, 0.05) is 38.2 Å². The van der Waals surface area contributed by atoms with Crippen LogP contribution in [0.3, 0.4) is 0 Å². The number of non-ortho nitro benzene ring substituents is 1. The summed E-state index contributed by atoms with van der Waals surface area (Å²) in [4.78, 5) is 21.6. The summed E-state index contributed by atoms with van der Waals surface area (Å²) >= 11 is 0. The number of hydrogen-bond acceptors (Lipinski definition) is 7. The molecule has 11 nitrogen and oxygen atoms in total. The summed E-state index contributed by atoms with van der Waals surface area (Å²) in [6, 6.07) is 12.3. The maximum Gasteiger partial charge on any atom is 0.270 e. The molecule has 2 aromatic carbocycles. The molecule has 0 bridgehead atoms. The largest absolute Gasteiger partial charge is 0.355 e. The van der Waals surface area contributed by atoms with E-state index in [1.165, 1.54) is 30.3 Å². The molecule has 1 amide bonds. The van der Waals surface area contributed by atoms with Crippen molar-refractivity contribution in [3.8, 4) is 0 Å². The monoisotopic (exact) mass is 456 g/mol. The fourth-order valence-corrected chi connectivity index (χ4v) is 4.43.